The highest BCUT2D eigenvalue weighted by Crippen LogP contribution is 2.38. The maximum atomic E-state index is 15.1. The lowest BCUT2D eigenvalue weighted by Crippen LogP contribution is -2.40. The fourth-order valence-electron chi connectivity index (χ4n) is 4.67. The smallest absolute Gasteiger partial charge is 0.244 e. The molecule has 5 rings (SSSR count). The van der Waals surface area contributed by atoms with Crippen molar-refractivity contribution >= 4 is 37.9 Å². The third-order valence-corrected chi connectivity index (χ3v) is 8.48. The van der Waals surface area contributed by atoms with Crippen LogP contribution >= 0.6 is 0 Å². The van der Waals surface area contributed by atoms with Gasteiger partial charge in [-0.2, -0.15) is 0 Å². The molecule has 0 bridgehead atoms. The van der Waals surface area contributed by atoms with Crippen molar-refractivity contribution in [1.29, 1.82) is 0 Å². The predicted molar refractivity (Wildman–Crippen MR) is 123 cm³/mol. The minimum atomic E-state index is -3.99. The second kappa shape index (κ2) is 7.73. The Balaban J connectivity index is 1.51. The topological polar surface area (TPSA) is 108 Å². The van der Waals surface area contributed by atoms with Crippen molar-refractivity contribution in [2.75, 3.05) is 13.1 Å². The van der Waals surface area contributed by atoms with Crippen molar-refractivity contribution in [3.05, 3.63) is 30.0 Å². The van der Waals surface area contributed by atoms with Crippen molar-refractivity contribution in [2.45, 2.75) is 62.8 Å². The molecule has 0 radical (unpaired) electrons. The number of aromatic amines is 1. The van der Waals surface area contributed by atoms with Crippen LogP contribution in [0.2, 0.25) is 0 Å². The van der Waals surface area contributed by atoms with E-state index in [1.54, 1.807) is 0 Å². The number of sulfonamides is 1. The number of nitrogens with zero attached hydrogens (tertiary/aromatic N) is 3. The summed E-state index contributed by atoms with van der Waals surface area (Å²) >= 11 is 0. The van der Waals surface area contributed by atoms with E-state index < -0.39 is 21.4 Å². The standard InChI is InChI=1S/C23H28FN5O3S/c1-13(2)22(30)29-8-4-14(5-9-29)20-19-15-10-16(24)18(33(31,32)28-23(3)6-7-23)11-17(15)27-21(19)26-12-25-20/h10-14,28H,4-9H2,1-3H3,(H,25,26,27). The Morgan fingerprint density at radius 3 is 2.58 bits per heavy atom. The number of piperidine rings is 1. The summed E-state index contributed by atoms with van der Waals surface area (Å²) in [6.07, 6.45) is 4.47. The Kier molecular flexibility index (Phi) is 5.20. The van der Waals surface area contributed by atoms with Gasteiger partial charge in [-0.1, -0.05) is 13.8 Å². The van der Waals surface area contributed by atoms with Gasteiger partial charge in [-0.05, 0) is 44.7 Å². The van der Waals surface area contributed by atoms with Gasteiger partial charge < -0.3 is 9.88 Å². The Morgan fingerprint density at radius 1 is 1.24 bits per heavy atom. The Hall–Kier alpha value is -2.59. The summed E-state index contributed by atoms with van der Waals surface area (Å²) in [5, 5.41) is 1.28. The number of fused-ring (bicyclic) bond motifs is 3. The molecule has 1 amide bonds. The number of hydrogen-bond donors (Lipinski definition) is 2. The lowest BCUT2D eigenvalue weighted by molar-refractivity contribution is -0.135. The summed E-state index contributed by atoms with van der Waals surface area (Å²) in [5.74, 6) is -0.579. The zero-order valence-corrected chi connectivity index (χ0v) is 19.8. The first-order chi connectivity index (χ1) is 15.6. The first-order valence-electron chi connectivity index (χ1n) is 11.4. The lowest BCUT2D eigenvalue weighted by atomic mass is 9.90. The molecule has 1 saturated carbocycles. The number of likely N-dealkylation sites (tertiary alicyclic amines) is 1. The molecule has 0 spiro atoms. The molecule has 10 heteroatoms. The number of halogens is 1. The van der Waals surface area contributed by atoms with Crippen LogP contribution < -0.4 is 4.72 Å². The van der Waals surface area contributed by atoms with Crippen LogP contribution in [-0.4, -0.2) is 52.8 Å². The highest BCUT2D eigenvalue weighted by molar-refractivity contribution is 7.89. The molecule has 8 nitrogen and oxygen atoms in total. The predicted octanol–water partition coefficient (Wildman–Crippen LogP) is 3.44. The number of H-pyrrole nitrogens is 1. The van der Waals surface area contributed by atoms with Gasteiger partial charge in [0.2, 0.25) is 15.9 Å². The van der Waals surface area contributed by atoms with Gasteiger partial charge in [0.25, 0.3) is 0 Å². The van der Waals surface area contributed by atoms with E-state index in [0.29, 0.717) is 35.0 Å². The molecule has 3 aromatic rings. The van der Waals surface area contributed by atoms with Gasteiger partial charge in [0.15, 0.2) is 0 Å². The highest BCUT2D eigenvalue weighted by atomic mass is 32.2. The lowest BCUT2D eigenvalue weighted by Gasteiger charge is -2.33. The van der Waals surface area contributed by atoms with Crippen molar-refractivity contribution in [3.63, 3.8) is 0 Å². The summed E-state index contributed by atoms with van der Waals surface area (Å²) in [7, 11) is -3.99. The average Bonchev–Trinajstić information content (AvgIpc) is 3.37. The highest BCUT2D eigenvalue weighted by Gasteiger charge is 2.42. The van der Waals surface area contributed by atoms with Gasteiger partial charge in [0.1, 0.15) is 22.7 Å². The molecule has 33 heavy (non-hydrogen) atoms. The maximum Gasteiger partial charge on any atom is 0.244 e. The van der Waals surface area contributed by atoms with Gasteiger partial charge in [-0.15, -0.1) is 0 Å². The summed E-state index contributed by atoms with van der Waals surface area (Å²) in [4.78, 5) is 25.8. The minimum absolute atomic E-state index is 0.0358. The van der Waals surface area contributed by atoms with E-state index in [-0.39, 0.29) is 22.6 Å². The number of benzene rings is 1. The molecule has 2 aliphatic rings. The molecule has 3 heterocycles. The number of carbonyl (C=O) groups excluding carboxylic acids is 1. The van der Waals surface area contributed by atoms with Crippen molar-refractivity contribution in [2.24, 2.45) is 5.92 Å². The number of nitrogens with one attached hydrogen (secondary N) is 2. The SMILES string of the molecule is CC(C)C(=O)N1CCC(c2ncnc3[nH]c4cc(S(=O)(=O)NC5(C)CC5)c(F)cc4c23)CC1. The number of amides is 1. The van der Waals surface area contributed by atoms with E-state index in [1.165, 1.54) is 18.5 Å². The van der Waals surface area contributed by atoms with Crippen LogP contribution in [0.5, 0.6) is 0 Å². The summed E-state index contributed by atoms with van der Waals surface area (Å²) in [6.45, 7) is 6.91. The Bertz CT molecular complexity index is 1360. The number of aromatic nitrogens is 3. The van der Waals surface area contributed by atoms with Crippen LogP contribution in [0, 0.1) is 11.7 Å². The second-order valence-corrected chi connectivity index (χ2v) is 11.5. The molecule has 2 fully saturated rings. The summed E-state index contributed by atoms with van der Waals surface area (Å²) in [5.41, 5.74) is 1.36. The average molecular weight is 474 g/mol. The van der Waals surface area contributed by atoms with Crippen LogP contribution in [0.4, 0.5) is 4.39 Å². The van der Waals surface area contributed by atoms with Crippen LogP contribution in [-0.2, 0) is 14.8 Å². The molecule has 1 aliphatic heterocycles. The maximum absolute atomic E-state index is 15.1. The van der Waals surface area contributed by atoms with Crippen LogP contribution in [0.25, 0.3) is 21.9 Å². The van der Waals surface area contributed by atoms with Gasteiger partial charge in [0, 0.05) is 46.8 Å². The molecule has 1 aromatic carbocycles. The van der Waals surface area contributed by atoms with E-state index in [1.807, 2.05) is 25.7 Å². The minimum Gasteiger partial charge on any atom is -0.342 e. The molecular weight excluding hydrogens is 445 g/mol. The Morgan fingerprint density at radius 2 is 1.94 bits per heavy atom. The molecular formula is C23H28FN5O3S. The monoisotopic (exact) mass is 473 g/mol. The van der Waals surface area contributed by atoms with Gasteiger partial charge >= 0.3 is 0 Å². The number of hydrogen-bond acceptors (Lipinski definition) is 5. The Labute approximate surface area is 192 Å². The first-order valence-corrected chi connectivity index (χ1v) is 12.8. The van der Waals surface area contributed by atoms with Gasteiger partial charge in [-0.3, -0.25) is 4.79 Å². The third-order valence-electron chi connectivity index (χ3n) is 6.83. The van der Waals surface area contributed by atoms with Gasteiger partial charge in [-0.25, -0.2) is 27.5 Å². The van der Waals surface area contributed by atoms with Crippen LogP contribution in [0.15, 0.2) is 23.4 Å². The van der Waals surface area contributed by atoms with E-state index in [4.69, 9.17) is 0 Å². The van der Waals surface area contributed by atoms with Crippen LogP contribution in [0.3, 0.4) is 0 Å². The molecule has 176 valence electrons. The first kappa shape index (κ1) is 22.2. The zero-order valence-electron chi connectivity index (χ0n) is 19.0. The molecule has 1 saturated heterocycles. The third kappa shape index (κ3) is 3.99. The van der Waals surface area contributed by atoms with Crippen molar-refractivity contribution in [1.82, 2.24) is 24.6 Å². The van der Waals surface area contributed by atoms with E-state index in [9.17, 15) is 13.2 Å². The number of rotatable bonds is 5. The quantitative estimate of drug-likeness (QED) is 0.590. The molecule has 0 unspecified atom stereocenters. The van der Waals surface area contributed by atoms with Crippen molar-refractivity contribution in [3.8, 4) is 0 Å². The molecule has 2 aromatic heterocycles. The van der Waals surface area contributed by atoms with Crippen LogP contribution in [0.1, 0.15) is 58.1 Å². The molecule has 0 atom stereocenters. The summed E-state index contributed by atoms with van der Waals surface area (Å²) in [6, 6.07) is 2.61. The second-order valence-electron chi connectivity index (χ2n) is 9.86. The summed E-state index contributed by atoms with van der Waals surface area (Å²) < 4.78 is 43.3. The van der Waals surface area contributed by atoms with Gasteiger partial charge in [0.05, 0.1) is 5.69 Å². The largest absolute Gasteiger partial charge is 0.342 e. The number of carbonyl (C=O) groups is 1. The van der Waals surface area contributed by atoms with E-state index in [2.05, 4.69) is 19.7 Å². The molecule has 1 aliphatic carbocycles. The molecule has 2 N–H and O–H groups in total. The van der Waals surface area contributed by atoms with E-state index >= 15 is 4.39 Å². The van der Waals surface area contributed by atoms with Crippen molar-refractivity contribution < 1.29 is 17.6 Å². The van der Waals surface area contributed by atoms with E-state index in [0.717, 1.165) is 31.4 Å². The fourth-order valence-corrected chi connectivity index (χ4v) is 6.23. The normalized spacial score (nSPS) is 19.0. The fraction of sp³-hybridized carbons (Fsp3) is 0.522. The zero-order chi connectivity index (χ0) is 23.5.